The molecule has 1 N–H and O–H groups in total. The number of carbonyl (C=O) groups is 1. The summed E-state index contributed by atoms with van der Waals surface area (Å²) in [6.07, 6.45) is 3.68. The molecule has 0 fully saturated rings. The average Bonchev–Trinajstić information content (AvgIpc) is 3.11. The molecular formula is C20H16FN5O2. The highest BCUT2D eigenvalue weighted by Gasteiger charge is 2.13. The van der Waals surface area contributed by atoms with Gasteiger partial charge in [-0.2, -0.15) is 0 Å². The van der Waals surface area contributed by atoms with Crippen LogP contribution in [0.2, 0.25) is 0 Å². The summed E-state index contributed by atoms with van der Waals surface area (Å²) in [5, 5.41) is 10.8. The van der Waals surface area contributed by atoms with Crippen LogP contribution >= 0.6 is 0 Å². The molecule has 140 valence electrons. The van der Waals surface area contributed by atoms with Gasteiger partial charge in [0.1, 0.15) is 11.6 Å². The van der Waals surface area contributed by atoms with Crippen LogP contribution in [0.15, 0.2) is 71.8 Å². The van der Waals surface area contributed by atoms with E-state index in [4.69, 9.17) is 0 Å². The van der Waals surface area contributed by atoms with E-state index in [1.807, 2.05) is 18.2 Å². The van der Waals surface area contributed by atoms with Gasteiger partial charge in [-0.15, -0.1) is 10.2 Å². The number of benzene rings is 2. The molecule has 0 radical (unpaired) electrons. The molecule has 0 unspecified atom stereocenters. The van der Waals surface area contributed by atoms with E-state index < -0.39 is 11.4 Å². The van der Waals surface area contributed by atoms with Crippen molar-refractivity contribution in [2.45, 2.75) is 12.8 Å². The molecule has 0 aliphatic rings. The minimum atomic E-state index is -0.434. The summed E-state index contributed by atoms with van der Waals surface area (Å²) in [4.78, 5) is 24.8. The predicted octanol–water partition coefficient (Wildman–Crippen LogP) is 2.59. The lowest BCUT2D eigenvalue weighted by Gasteiger charge is -2.07. The van der Waals surface area contributed by atoms with Crippen molar-refractivity contribution >= 4 is 17.2 Å². The highest BCUT2D eigenvalue weighted by molar-refractivity contribution is 5.90. The summed E-state index contributed by atoms with van der Waals surface area (Å²) in [5.74, 6) is -0.0892. The van der Waals surface area contributed by atoms with Crippen molar-refractivity contribution < 1.29 is 9.18 Å². The second kappa shape index (κ2) is 7.43. The number of hydrogen-bond donors (Lipinski definition) is 1. The molecule has 4 aromatic rings. The third-order valence-corrected chi connectivity index (χ3v) is 4.26. The van der Waals surface area contributed by atoms with Crippen LogP contribution in [0.5, 0.6) is 0 Å². The number of hydrogen-bond acceptors (Lipinski definition) is 4. The lowest BCUT2D eigenvalue weighted by molar-refractivity contribution is -0.116. The van der Waals surface area contributed by atoms with E-state index in [2.05, 4.69) is 15.5 Å². The number of nitrogens with zero attached hydrogens (tertiary/aromatic N) is 4. The monoisotopic (exact) mass is 377 g/mol. The van der Waals surface area contributed by atoms with Crippen LogP contribution in [0, 0.1) is 5.82 Å². The van der Waals surface area contributed by atoms with E-state index >= 15 is 0 Å². The van der Waals surface area contributed by atoms with Gasteiger partial charge in [-0.25, -0.2) is 4.39 Å². The number of para-hydroxylation sites is 1. The second-order valence-electron chi connectivity index (χ2n) is 6.18. The van der Waals surface area contributed by atoms with Crippen molar-refractivity contribution in [2.75, 3.05) is 5.32 Å². The number of anilines is 1. The number of amides is 1. The van der Waals surface area contributed by atoms with Gasteiger partial charge in [0.05, 0.1) is 5.69 Å². The van der Waals surface area contributed by atoms with E-state index in [0.717, 1.165) is 5.69 Å². The van der Waals surface area contributed by atoms with Crippen LogP contribution in [0.1, 0.15) is 12.2 Å². The van der Waals surface area contributed by atoms with Crippen LogP contribution in [0.4, 0.5) is 10.1 Å². The first kappa shape index (κ1) is 17.6. The average molecular weight is 377 g/mol. The number of nitrogens with one attached hydrogen (secondary N) is 1. The Labute approximate surface area is 159 Å². The summed E-state index contributed by atoms with van der Waals surface area (Å²) in [6.45, 7) is 0. The Morgan fingerprint density at radius 1 is 1.04 bits per heavy atom. The second-order valence-corrected chi connectivity index (χ2v) is 6.18. The van der Waals surface area contributed by atoms with Gasteiger partial charge in [0.15, 0.2) is 0 Å². The fraction of sp³-hybridized carbons (Fsp3) is 0.100. The summed E-state index contributed by atoms with van der Waals surface area (Å²) >= 11 is 0. The van der Waals surface area contributed by atoms with Crippen LogP contribution < -0.4 is 10.9 Å². The lowest BCUT2D eigenvalue weighted by Crippen LogP contribution is -2.20. The molecular weight excluding hydrogens is 361 g/mol. The van der Waals surface area contributed by atoms with Gasteiger partial charge < -0.3 is 5.32 Å². The Hall–Kier alpha value is -3.81. The minimum absolute atomic E-state index is 0.116. The predicted molar refractivity (Wildman–Crippen MR) is 102 cm³/mol. The minimum Gasteiger partial charge on any atom is -0.326 e. The van der Waals surface area contributed by atoms with Gasteiger partial charge in [0.25, 0.3) is 0 Å². The van der Waals surface area contributed by atoms with E-state index in [1.165, 1.54) is 29.0 Å². The largest absolute Gasteiger partial charge is 0.326 e. The molecule has 1 amide bonds. The maximum Gasteiger partial charge on any atom is 0.300 e. The van der Waals surface area contributed by atoms with Gasteiger partial charge in [-0.05, 0) is 30.3 Å². The van der Waals surface area contributed by atoms with Crippen LogP contribution in [0.3, 0.4) is 0 Å². The maximum atomic E-state index is 13.4. The topological polar surface area (TPSA) is 81.3 Å². The van der Waals surface area contributed by atoms with Gasteiger partial charge >= 0.3 is 5.56 Å². The Morgan fingerprint density at radius 3 is 2.64 bits per heavy atom. The summed E-state index contributed by atoms with van der Waals surface area (Å²) in [5.41, 5.74) is 0.821. The van der Waals surface area contributed by atoms with Crippen LogP contribution in [-0.4, -0.2) is 25.1 Å². The molecule has 0 saturated heterocycles. The number of aromatic nitrogens is 4. The van der Waals surface area contributed by atoms with Crippen molar-refractivity contribution in [2.24, 2.45) is 0 Å². The molecule has 2 heterocycles. The van der Waals surface area contributed by atoms with Crippen LogP contribution in [-0.2, 0) is 11.2 Å². The van der Waals surface area contributed by atoms with E-state index in [9.17, 15) is 14.0 Å². The molecule has 0 atom stereocenters. The third-order valence-electron chi connectivity index (χ3n) is 4.26. The van der Waals surface area contributed by atoms with E-state index in [0.29, 0.717) is 17.9 Å². The molecule has 0 aliphatic carbocycles. The lowest BCUT2D eigenvalue weighted by atomic mass is 10.2. The van der Waals surface area contributed by atoms with Crippen molar-refractivity contribution in [1.29, 1.82) is 0 Å². The first-order valence-electron chi connectivity index (χ1n) is 8.68. The third kappa shape index (κ3) is 3.52. The molecule has 2 aromatic carbocycles. The summed E-state index contributed by atoms with van der Waals surface area (Å²) in [7, 11) is 0. The van der Waals surface area contributed by atoms with Gasteiger partial charge in [0.2, 0.25) is 11.6 Å². The Balaban J connectivity index is 1.54. The first-order valence-corrected chi connectivity index (χ1v) is 8.68. The molecule has 4 rings (SSSR count). The van der Waals surface area contributed by atoms with E-state index in [1.54, 1.807) is 28.8 Å². The van der Waals surface area contributed by atoms with Crippen molar-refractivity contribution in [3.05, 3.63) is 89.0 Å². The molecule has 0 bridgehead atoms. The Bertz CT molecular complexity index is 1200. The summed E-state index contributed by atoms with van der Waals surface area (Å²) < 4.78 is 16.3. The van der Waals surface area contributed by atoms with Gasteiger partial charge in [0, 0.05) is 30.9 Å². The Kier molecular flexibility index (Phi) is 4.67. The number of fused-ring (bicyclic) bond motifs is 1. The number of rotatable bonds is 5. The Morgan fingerprint density at radius 2 is 1.86 bits per heavy atom. The normalized spacial score (nSPS) is 10.9. The fourth-order valence-corrected chi connectivity index (χ4v) is 2.90. The van der Waals surface area contributed by atoms with Gasteiger partial charge in [-0.3, -0.25) is 18.6 Å². The molecule has 0 aliphatic heterocycles. The highest BCUT2D eigenvalue weighted by atomic mass is 19.1. The zero-order chi connectivity index (χ0) is 19.5. The molecule has 28 heavy (non-hydrogen) atoms. The zero-order valence-corrected chi connectivity index (χ0v) is 14.7. The molecule has 0 spiro atoms. The van der Waals surface area contributed by atoms with Crippen molar-refractivity contribution in [1.82, 2.24) is 19.2 Å². The molecule has 7 nitrogen and oxygen atoms in total. The van der Waals surface area contributed by atoms with Crippen molar-refractivity contribution in [3.63, 3.8) is 0 Å². The SMILES string of the molecule is O=C(CCc1nnc2c(=O)n(-c3cccc(F)c3)ccn12)Nc1ccccc1. The van der Waals surface area contributed by atoms with E-state index in [-0.39, 0.29) is 18.0 Å². The summed E-state index contributed by atoms with van der Waals surface area (Å²) in [6, 6.07) is 14.9. The maximum absolute atomic E-state index is 13.4. The van der Waals surface area contributed by atoms with Crippen molar-refractivity contribution in [3.8, 4) is 5.69 Å². The highest BCUT2D eigenvalue weighted by Crippen LogP contribution is 2.10. The molecule has 8 heteroatoms. The first-order chi connectivity index (χ1) is 13.6. The fourth-order valence-electron chi connectivity index (χ4n) is 2.90. The number of halogens is 1. The quantitative estimate of drug-likeness (QED) is 0.580. The smallest absolute Gasteiger partial charge is 0.300 e. The zero-order valence-electron chi connectivity index (χ0n) is 14.7. The number of aryl methyl sites for hydroxylation is 1. The van der Waals surface area contributed by atoms with Gasteiger partial charge in [-0.1, -0.05) is 24.3 Å². The molecule has 2 aromatic heterocycles. The van der Waals surface area contributed by atoms with Crippen LogP contribution in [0.25, 0.3) is 11.3 Å². The number of carbonyl (C=O) groups excluding carboxylic acids is 1. The molecule has 0 saturated carbocycles. The standard InChI is InChI=1S/C20H16FN5O2/c21-14-5-4-8-16(13-14)25-11-12-26-17(23-24-19(26)20(25)28)9-10-18(27)22-15-6-2-1-3-7-15/h1-8,11-13H,9-10H2,(H,22,27).